The molecule has 0 saturated heterocycles. The van der Waals surface area contributed by atoms with Crippen molar-refractivity contribution in [2.24, 2.45) is 5.84 Å². The highest BCUT2D eigenvalue weighted by Crippen LogP contribution is 2.26. The minimum atomic E-state index is 0.232. The van der Waals surface area contributed by atoms with Crippen LogP contribution < -0.4 is 11.3 Å². The maximum Gasteiger partial charge on any atom is 0.0700 e. The molecule has 0 fully saturated rings. The van der Waals surface area contributed by atoms with Gasteiger partial charge >= 0.3 is 0 Å². The van der Waals surface area contributed by atoms with Gasteiger partial charge in [0, 0.05) is 24.5 Å². The Balaban J connectivity index is 1.86. The summed E-state index contributed by atoms with van der Waals surface area (Å²) in [5.41, 5.74) is 4.24. The Hall–Kier alpha value is -0.980. The molecule has 1 atom stereocenters. The van der Waals surface area contributed by atoms with E-state index in [4.69, 9.17) is 15.3 Å². The van der Waals surface area contributed by atoms with E-state index in [9.17, 15) is 0 Å². The topological polar surface area (TPSA) is 56.5 Å². The fourth-order valence-electron chi connectivity index (χ4n) is 2.17. The van der Waals surface area contributed by atoms with Crippen molar-refractivity contribution in [1.29, 1.82) is 0 Å². The van der Waals surface area contributed by atoms with Crippen LogP contribution in [-0.4, -0.2) is 33.0 Å². The molecule has 4 nitrogen and oxygen atoms in total. The predicted molar refractivity (Wildman–Crippen MR) is 84.0 cm³/mol. The number of hydrazine groups is 1. The standard InChI is InChI=1S/C15H22N2O2S/c1-18-8-9-19-7-6-13(17-16)10-12-11-20-15-5-3-2-4-14(12)15/h2-5,11,13,17H,6-10,16H2,1H3. The summed E-state index contributed by atoms with van der Waals surface area (Å²) in [5.74, 6) is 5.65. The second kappa shape index (κ2) is 8.34. The molecule has 1 aromatic carbocycles. The molecule has 0 aliphatic carbocycles. The zero-order chi connectivity index (χ0) is 14.2. The van der Waals surface area contributed by atoms with E-state index in [2.05, 4.69) is 35.1 Å². The SMILES string of the molecule is COCCOCCC(Cc1csc2ccccc12)NN. The molecule has 0 aliphatic heterocycles. The fraction of sp³-hybridized carbons (Fsp3) is 0.467. The number of nitrogens with one attached hydrogen (secondary N) is 1. The third-order valence-corrected chi connectivity index (χ3v) is 4.32. The van der Waals surface area contributed by atoms with Crippen molar-refractivity contribution in [3.8, 4) is 0 Å². The Bertz CT molecular complexity index is 515. The van der Waals surface area contributed by atoms with Gasteiger partial charge in [0.15, 0.2) is 0 Å². The lowest BCUT2D eigenvalue weighted by atomic mass is 10.0. The lowest BCUT2D eigenvalue weighted by Gasteiger charge is -2.15. The van der Waals surface area contributed by atoms with Crippen LogP contribution in [0.2, 0.25) is 0 Å². The summed E-state index contributed by atoms with van der Waals surface area (Å²) in [5, 5.41) is 3.55. The van der Waals surface area contributed by atoms with Crippen molar-refractivity contribution in [3.05, 3.63) is 35.2 Å². The second-order valence-electron chi connectivity index (χ2n) is 4.72. The van der Waals surface area contributed by atoms with Crippen LogP contribution in [0.1, 0.15) is 12.0 Å². The molecule has 1 heterocycles. The number of methoxy groups -OCH3 is 1. The van der Waals surface area contributed by atoms with Gasteiger partial charge in [-0.2, -0.15) is 0 Å². The summed E-state index contributed by atoms with van der Waals surface area (Å²) in [6.07, 6.45) is 1.82. The molecular weight excluding hydrogens is 272 g/mol. The molecule has 0 bridgehead atoms. The zero-order valence-electron chi connectivity index (χ0n) is 11.8. The van der Waals surface area contributed by atoms with Crippen LogP contribution >= 0.6 is 11.3 Å². The smallest absolute Gasteiger partial charge is 0.0700 e. The Morgan fingerprint density at radius 3 is 2.90 bits per heavy atom. The predicted octanol–water partition coefficient (Wildman–Crippen LogP) is 2.33. The quantitative estimate of drug-likeness (QED) is 0.423. The van der Waals surface area contributed by atoms with Crippen LogP contribution in [0.5, 0.6) is 0 Å². The Morgan fingerprint density at radius 2 is 2.10 bits per heavy atom. The van der Waals surface area contributed by atoms with Crippen LogP contribution in [0.4, 0.5) is 0 Å². The van der Waals surface area contributed by atoms with Crippen molar-refractivity contribution < 1.29 is 9.47 Å². The van der Waals surface area contributed by atoms with Gasteiger partial charge < -0.3 is 9.47 Å². The highest BCUT2D eigenvalue weighted by Gasteiger charge is 2.11. The van der Waals surface area contributed by atoms with E-state index in [0.717, 1.165) is 12.8 Å². The number of thiophene rings is 1. The lowest BCUT2D eigenvalue weighted by Crippen LogP contribution is -2.37. The molecule has 2 aromatic rings. The molecule has 0 spiro atoms. The molecule has 0 radical (unpaired) electrons. The van der Waals surface area contributed by atoms with E-state index in [1.165, 1.54) is 15.6 Å². The van der Waals surface area contributed by atoms with Crippen molar-refractivity contribution in [2.75, 3.05) is 26.9 Å². The van der Waals surface area contributed by atoms with E-state index < -0.39 is 0 Å². The number of hydrogen-bond acceptors (Lipinski definition) is 5. The minimum Gasteiger partial charge on any atom is -0.382 e. The molecule has 0 aliphatic rings. The number of nitrogens with two attached hydrogens (primary N) is 1. The van der Waals surface area contributed by atoms with Gasteiger partial charge in [-0.25, -0.2) is 0 Å². The maximum absolute atomic E-state index is 5.65. The maximum atomic E-state index is 5.65. The van der Waals surface area contributed by atoms with Crippen molar-refractivity contribution in [1.82, 2.24) is 5.43 Å². The van der Waals surface area contributed by atoms with Crippen LogP contribution in [0, 0.1) is 0 Å². The van der Waals surface area contributed by atoms with Crippen LogP contribution in [-0.2, 0) is 15.9 Å². The van der Waals surface area contributed by atoms with Gasteiger partial charge in [0.2, 0.25) is 0 Å². The number of rotatable bonds is 9. The monoisotopic (exact) mass is 294 g/mol. The van der Waals surface area contributed by atoms with Crippen molar-refractivity contribution >= 4 is 21.4 Å². The largest absolute Gasteiger partial charge is 0.382 e. The molecule has 110 valence electrons. The van der Waals surface area contributed by atoms with Crippen LogP contribution in [0.15, 0.2) is 29.6 Å². The molecule has 5 heteroatoms. The summed E-state index contributed by atoms with van der Waals surface area (Å²) in [7, 11) is 1.68. The van der Waals surface area contributed by atoms with E-state index in [0.29, 0.717) is 19.8 Å². The average molecular weight is 294 g/mol. The molecule has 0 saturated carbocycles. The van der Waals surface area contributed by atoms with E-state index >= 15 is 0 Å². The zero-order valence-corrected chi connectivity index (χ0v) is 12.6. The van der Waals surface area contributed by atoms with Gasteiger partial charge in [0.25, 0.3) is 0 Å². The van der Waals surface area contributed by atoms with Gasteiger partial charge in [0.05, 0.1) is 13.2 Å². The Kier molecular flexibility index (Phi) is 6.42. The van der Waals surface area contributed by atoms with E-state index in [1.807, 2.05) is 0 Å². The van der Waals surface area contributed by atoms with Gasteiger partial charge in [-0.05, 0) is 35.2 Å². The second-order valence-corrected chi connectivity index (χ2v) is 5.63. The fourth-order valence-corrected chi connectivity index (χ4v) is 3.15. The molecule has 1 aromatic heterocycles. The number of benzene rings is 1. The first-order chi connectivity index (χ1) is 9.85. The van der Waals surface area contributed by atoms with Gasteiger partial charge in [-0.1, -0.05) is 18.2 Å². The van der Waals surface area contributed by atoms with Gasteiger partial charge in [-0.3, -0.25) is 11.3 Å². The minimum absolute atomic E-state index is 0.232. The molecule has 1 unspecified atom stereocenters. The van der Waals surface area contributed by atoms with Crippen molar-refractivity contribution in [2.45, 2.75) is 18.9 Å². The summed E-state index contributed by atoms with van der Waals surface area (Å²) in [6.45, 7) is 1.96. The first-order valence-corrected chi connectivity index (χ1v) is 7.71. The highest BCUT2D eigenvalue weighted by molar-refractivity contribution is 7.17. The van der Waals surface area contributed by atoms with Gasteiger partial charge in [0.1, 0.15) is 0 Å². The average Bonchev–Trinajstić information content (AvgIpc) is 2.89. The van der Waals surface area contributed by atoms with Crippen LogP contribution in [0.25, 0.3) is 10.1 Å². The van der Waals surface area contributed by atoms with Crippen LogP contribution in [0.3, 0.4) is 0 Å². The first kappa shape index (κ1) is 15.4. The summed E-state index contributed by atoms with van der Waals surface area (Å²) < 4.78 is 11.8. The molecular formula is C15H22N2O2S. The third kappa shape index (κ3) is 4.26. The lowest BCUT2D eigenvalue weighted by molar-refractivity contribution is 0.0658. The highest BCUT2D eigenvalue weighted by atomic mass is 32.1. The molecule has 20 heavy (non-hydrogen) atoms. The normalized spacial score (nSPS) is 12.9. The first-order valence-electron chi connectivity index (χ1n) is 6.83. The summed E-state index contributed by atoms with van der Waals surface area (Å²) >= 11 is 1.78. The van der Waals surface area contributed by atoms with E-state index in [1.54, 1.807) is 18.4 Å². The number of hydrogen-bond donors (Lipinski definition) is 2. The molecule has 0 amide bonds. The summed E-state index contributed by atoms with van der Waals surface area (Å²) in [6, 6.07) is 8.71. The van der Waals surface area contributed by atoms with Gasteiger partial charge in [-0.15, -0.1) is 11.3 Å². The van der Waals surface area contributed by atoms with Crippen molar-refractivity contribution in [3.63, 3.8) is 0 Å². The number of ether oxygens (including phenoxy) is 2. The number of fused-ring (bicyclic) bond motifs is 1. The molecule has 2 rings (SSSR count). The van der Waals surface area contributed by atoms with E-state index in [-0.39, 0.29) is 6.04 Å². The summed E-state index contributed by atoms with van der Waals surface area (Å²) in [4.78, 5) is 0. The Morgan fingerprint density at radius 1 is 1.25 bits per heavy atom. The third-order valence-electron chi connectivity index (χ3n) is 3.31. The molecule has 3 N–H and O–H groups in total. The Labute approximate surface area is 123 Å².